The number of likely N-dealkylation sites (N-methyl/N-ethyl adjacent to an activating group) is 1. The molecule has 0 aliphatic heterocycles. The van der Waals surface area contributed by atoms with E-state index in [1.165, 1.54) is 29.5 Å². The third-order valence-corrected chi connectivity index (χ3v) is 3.44. The van der Waals surface area contributed by atoms with Crippen LogP contribution in [0.15, 0.2) is 36.4 Å². The molecule has 1 aromatic rings. The summed E-state index contributed by atoms with van der Waals surface area (Å²) in [5.74, 6) is 0. The molecule has 1 saturated carbocycles. The van der Waals surface area contributed by atoms with Crippen LogP contribution in [0.2, 0.25) is 0 Å². The molecule has 2 heteroatoms. The van der Waals surface area contributed by atoms with E-state index in [0.29, 0.717) is 0 Å². The molecule has 0 bridgehead atoms. The first-order chi connectivity index (χ1) is 9.13. The second-order valence-corrected chi connectivity index (χ2v) is 5.92. The monoisotopic (exact) mass is 258 g/mol. The minimum atomic E-state index is 0.815. The van der Waals surface area contributed by atoms with Gasteiger partial charge in [-0.2, -0.15) is 0 Å². The van der Waals surface area contributed by atoms with Gasteiger partial charge in [-0.05, 0) is 50.9 Å². The second kappa shape index (κ2) is 6.88. The smallest absolute Gasteiger partial charge is 0.0234 e. The highest BCUT2D eigenvalue weighted by Gasteiger charge is 2.19. The lowest BCUT2D eigenvalue weighted by Crippen LogP contribution is -2.20. The SMILES string of the molecule is C=C(C)CN(C)Cc1ccc(CCNC2CC2)cc1. The molecule has 2 rings (SSSR count). The molecule has 1 aliphatic carbocycles. The molecule has 0 aromatic heterocycles. The average Bonchev–Trinajstić information content (AvgIpc) is 3.14. The highest BCUT2D eigenvalue weighted by atomic mass is 15.1. The zero-order chi connectivity index (χ0) is 13.7. The van der Waals surface area contributed by atoms with E-state index < -0.39 is 0 Å². The Bertz CT molecular complexity index is 404. The van der Waals surface area contributed by atoms with Crippen molar-refractivity contribution in [3.05, 3.63) is 47.5 Å². The zero-order valence-corrected chi connectivity index (χ0v) is 12.3. The quantitative estimate of drug-likeness (QED) is 0.721. The Balaban J connectivity index is 1.74. The molecule has 1 fully saturated rings. The van der Waals surface area contributed by atoms with E-state index in [1.807, 2.05) is 0 Å². The summed E-state index contributed by atoms with van der Waals surface area (Å²) in [5.41, 5.74) is 4.02. The Labute approximate surface area is 117 Å². The van der Waals surface area contributed by atoms with Gasteiger partial charge in [0.15, 0.2) is 0 Å². The molecule has 0 atom stereocenters. The summed E-state index contributed by atoms with van der Waals surface area (Å²) in [5, 5.41) is 3.56. The number of benzene rings is 1. The van der Waals surface area contributed by atoms with Crippen molar-refractivity contribution in [2.24, 2.45) is 0 Å². The van der Waals surface area contributed by atoms with E-state index in [1.54, 1.807) is 0 Å². The van der Waals surface area contributed by atoms with Crippen molar-refractivity contribution >= 4 is 0 Å². The van der Waals surface area contributed by atoms with E-state index in [9.17, 15) is 0 Å². The number of hydrogen-bond acceptors (Lipinski definition) is 2. The first-order valence-corrected chi connectivity index (χ1v) is 7.27. The van der Waals surface area contributed by atoms with E-state index in [-0.39, 0.29) is 0 Å². The van der Waals surface area contributed by atoms with Crippen molar-refractivity contribution in [2.75, 3.05) is 20.1 Å². The van der Waals surface area contributed by atoms with Crippen LogP contribution in [0, 0.1) is 0 Å². The molecule has 1 aromatic carbocycles. The molecule has 0 radical (unpaired) electrons. The van der Waals surface area contributed by atoms with Gasteiger partial charge in [-0.1, -0.05) is 36.4 Å². The lowest BCUT2D eigenvalue weighted by Gasteiger charge is -2.16. The molecule has 0 unspecified atom stereocenters. The lowest BCUT2D eigenvalue weighted by atomic mass is 10.1. The molecular weight excluding hydrogens is 232 g/mol. The fourth-order valence-corrected chi connectivity index (χ4v) is 2.35. The molecule has 104 valence electrons. The lowest BCUT2D eigenvalue weighted by molar-refractivity contribution is 0.355. The van der Waals surface area contributed by atoms with Crippen LogP contribution in [-0.2, 0) is 13.0 Å². The van der Waals surface area contributed by atoms with Gasteiger partial charge in [-0.3, -0.25) is 4.90 Å². The minimum absolute atomic E-state index is 0.815. The molecule has 1 N–H and O–H groups in total. The maximum atomic E-state index is 3.96. The standard InChI is InChI=1S/C17H26N2/c1-14(2)12-19(3)13-16-6-4-15(5-7-16)10-11-18-17-8-9-17/h4-7,17-18H,1,8-13H2,2-3H3. The predicted molar refractivity (Wildman–Crippen MR) is 82.3 cm³/mol. The third kappa shape index (κ3) is 5.58. The van der Waals surface area contributed by atoms with E-state index in [4.69, 9.17) is 0 Å². The summed E-state index contributed by atoms with van der Waals surface area (Å²) in [6.07, 6.45) is 3.88. The van der Waals surface area contributed by atoms with Gasteiger partial charge >= 0.3 is 0 Å². The third-order valence-electron chi connectivity index (χ3n) is 3.44. The maximum absolute atomic E-state index is 3.96. The maximum Gasteiger partial charge on any atom is 0.0234 e. The van der Waals surface area contributed by atoms with Crippen molar-refractivity contribution in [3.8, 4) is 0 Å². The van der Waals surface area contributed by atoms with E-state index in [0.717, 1.165) is 32.1 Å². The van der Waals surface area contributed by atoms with Crippen LogP contribution in [-0.4, -0.2) is 31.1 Å². The Morgan fingerprint density at radius 2 is 1.89 bits per heavy atom. The van der Waals surface area contributed by atoms with Crippen LogP contribution in [0.4, 0.5) is 0 Å². The fourth-order valence-electron chi connectivity index (χ4n) is 2.35. The Morgan fingerprint density at radius 3 is 2.47 bits per heavy atom. The summed E-state index contributed by atoms with van der Waals surface area (Å²) >= 11 is 0. The van der Waals surface area contributed by atoms with Gasteiger partial charge in [0.1, 0.15) is 0 Å². The largest absolute Gasteiger partial charge is 0.314 e. The van der Waals surface area contributed by atoms with Crippen molar-refractivity contribution in [3.63, 3.8) is 0 Å². The van der Waals surface area contributed by atoms with Crippen LogP contribution >= 0.6 is 0 Å². The number of hydrogen-bond donors (Lipinski definition) is 1. The molecule has 1 aliphatic rings. The summed E-state index contributed by atoms with van der Waals surface area (Å²) in [4.78, 5) is 2.30. The van der Waals surface area contributed by atoms with Crippen LogP contribution in [0.5, 0.6) is 0 Å². The van der Waals surface area contributed by atoms with Gasteiger partial charge in [0.25, 0.3) is 0 Å². The first kappa shape index (κ1) is 14.3. The highest BCUT2D eigenvalue weighted by Crippen LogP contribution is 2.18. The Morgan fingerprint density at radius 1 is 1.26 bits per heavy atom. The number of nitrogens with one attached hydrogen (secondary N) is 1. The molecular formula is C17H26N2. The number of rotatable bonds is 8. The zero-order valence-electron chi connectivity index (χ0n) is 12.3. The predicted octanol–water partition coefficient (Wildman–Crippen LogP) is 2.99. The van der Waals surface area contributed by atoms with E-state index in [2.05, 4.69) is 55.0 Å². The Hall–Kier alpha value is -1.12. The molecule has 0 saturated heterocycles. The van der Waals surface area contributed by atoms with Gasteiger partial charge in [0.05, 0.1) is 0 Å². The van der Waals surface area contributed by atoms with Crippen LogP contribution in [0.3, 0.4) is 0 Å². The normalized spacial score (nSPS) is 14.9. The van der Waals surface area contributed by atoms with Gasteiger partial charge in [-0.15, -0.1) is 0 Å². The molecule has 0 spiro atoms. The summed E-state index contributed by atoms with van der Waals surface area (Å²) < 4.78 is 0. The summed E-state index contributed by atoms with van der Waals surface area (Å²) in [6, 6.07) is 9.84. The first-order valence-electron chi connectivity index (χ1n) is 7.27. The van der Waals surface area contributed by atoms with Gasteiger partial charge in [0.2, 0.25) is 0 Å². The highest BCUT2D eigenvalue weighted by molar-refractivity contribution is 5.23. The molecule has 19 heavy (non-hydrogen) atoms. The molecule has 0 heterocycles. The van der Waals surface area contributed by atoms with Crippen LogP contribution < -0.4 is 5.32 Å². The van der Waals surface area contributed by atoms with Crippen molar-refractivity contribution in [1.29, 1.82) is 0 Å². The Kier molecular flexibility index (Phi) is 5.17. The fraction of sp³-hybridized carbons (Fsp3) is 0.529. The van der Waals surface area contributed by atoms with Crippen molar-refractivity contribution < 1.29 is 0 Å². The topological polar surface area (TPSA) is 15.3 Å². The van der Waals surface area contributed by atoms with Crippen molar-refractivity contribution in [2.45, 2.75) is 38.8 Å². The average molecular weight is 258 g/mol. The molecule has 0 amide bonds. The number of nitrogens with zero attached hydrogens (tertiary/aromatic N) is 1. The second-order valence-electron chi connectivity index (χ2n) is 5.92. The van der Waals surface area contributed by atoms with Crippen molar-refractivity contribution in [1.82, 2.24) is 10.2 Å². The summed E-state index contributed by atoms with van der Waals surface area (Å²) in [7, 11) is 2.14. The van der Waals surface area contributed by atoms with Crippen LogP contribution in [0.1, 0.15) is 30.9 Å². The summed E-state index contributed by atoms with van der Waals surface area (Å²) in [6.45, 7) is 9.10. The van der Waals surface area contributed by atoms with Gasteiger partial charge in [-0.25, -0.2) is 0 Å². The van der Waals surface area contributed by atoms with Crippen LogP contribution in [0.25, 0.3) is 0 Å². The van der Waals surface area contributed by atoms with Gasteiger partial charge < -0.3 is 5.32 Å². The van der Waals surface area contributed by atoms with E-state index >= 15 is 0 Å². The van der Waals surface area contributed by atoms with Gasteiger partial charge in [0, 0.05) is 19.1 Å². The molecule has 2 nitrogen and oxygen atoms in total. The minimum Gasteiger partial charge on any atom is -0.314 e.